The molecule has 3 heteroatoms. The molecule has 0 aromatic heterocycles. The number of likely N-dealkylation sites (N-methyl/N-ethyl adjacent to an activating group) is 1. The summed E-state index contributed by atoms with van der Waals surface area (Å²) in [4.78, 5) is 2.45. The first kappa shape index (κ1) is 20.0. The maximum absolute atomic E-state index is 5.44. The summed E-state index contributed by atoms with van der Waals surface area (Å²) in [5.41, 5.74) is 5.83. The van der Waals surface area contributed by atoms with Gasteiger partial charge in [-0.2, -0.15) is 0 Å². The maximum Gasteiger partial charge on any atom is 0.161 e. The van der Waals surface area contributed by atoms with E-state index >= 15 is 0 Å². The third-order valence-corrected chi connectivity index (χ3v) is 7.16. The van der Waals surface area contributed by atoms with Crippen LogP contribution in [0, 0.1) is 17.3 Å². The number of benzene rings is 2. The molecule has 1 saturated carbocycles. The number of hydrogen-bond donors (Lipinski definition) is 0. The number of methoxy groups -OCH3 is 2. The highest BCUT2D eigenvalue weighted by molar-refractivity contribution is 5.67. The van der Waals surface area contributed by atoms with Crippen LogP contribution in [-0.2, 0) is 6.54 Å². The summed E-state index contributed by atoms with van der Waals surface area (Å²) in [7, 11) is 5.57. The van der Waals surface area contributed by atoms with Gasteiger partial charge in [0.15, 0.2) is 11.5 Å². The van der Waals surface area contributed by atoms with Gasteiger partial charge in [-0.1, -0.05) is 55.8 Å². The molecule has 2 atom stereocenters. The van der Waals surface area contributed by atoms with E-state index < -0.39 is 0 Å². The fourth-order valence-corrected chi connectivity index (χ4v) is 5.15. The Morgan fingerprint density at radius 2 is 1.62 bits per heavy atom. The Morgan fingerprint density at radius 1 is 0.931 bits per heavy atom. The van der Waals surface area contributed by atoms with Crippen molar-refractivity contribution in [2.75, 3.05) is 27.8 Å². The van der Waals surface area contributed by atoms with E-state index in [2.05, 4.69) is 62.2 Å². The van der Waals surface area contributed by atoms with Crippen LogP contribution in [0.15, 0.2) is 54.1 Å². The van der Waals surface area contributed by atoms with Crippen molar-refractivity contribution < 1.29 is 9.47 Å². The lowest BCUT2D eigenvalue weighted by atomic mass is 9.49. The summed E-state index contributed by atoms with van der Waals surface area (Å²) in [5, 5.41) is 0. The molecule has 1 fully saturated rings. The normalized spacial score (nSPS) is 22.1. The minimum absolute atomic E-state index is 0.506. The van der Waals surface area contributed by atoms with Crippen LogP contribution in [0.1, 0.15) is 32.3 Å². The smallest absolute Gasteiger partial charge is 0.161 e. The summed E-state index contributed by atoms with van der Waals surface area (Å²) >= 11 is 0. The van der Waals surface area contributed by atoms with Crippen molar-refractivity contribution in [3.63, 3.8) is 0 Å². The lowest BCUT2D eigenvalue weighted by molar-refractivity contribution is -0.0101. The van der Waals surface area contributed by atoms with E-state index in [-0.39, 0.29) is 0 Å². The SMILES string of the molecule is COc1ccc(-c2ccc(CN(C)CC3=CC[C@H]4C[C@@H]3C4(C)C)cc2)cc1OC. The van der Waals surface area contributed by atoms with Gasteiger partial charge in [0.1, 0.15) is 0 Å². The molecule has 0 aliphatic heterocycles. The van der Waals surface area contributed by atoms with Crippen LogP contribution in [-0.4, -0.2) is 32.7 Å². The van der Waals surface area contributed by atoms with Gasteiger partial charge in [0, 0.05) is 13.1 Å². The number of fused-ring (bicyclic) bond motifs is 1. The average Bonchev–Trinajstić information content (AvgIpc) is 2.73. The van der Waals surface area contributed by atoms with E-state index in [1.807, 2.05) is 12.1 Å². The van der Waals surface area contributed by atoms with Gasteiger partial charge < -0.3 is 9.47 Å². The number of nitrogens with zero attached hydrogens (tertiary/aromatic N) is 1. The van der Waals surface area contributed by atoms with Crippen LogP contribution in [0.4, 0.5) is 0 Å². The van der Waals surface area contributed by atoms with Crippen molar-refractivity contribution >= 4 is 0 Å². The first-order valence-corrected chi connectivity index (χ1v) is 10.6. The fourth-order valence-electron chi connectivity index (χ4n) is 5.15. The van der Waals surface area contributed by atoms with Crippen LogP contribution >= 0.6 is 0 Å². The third kappa shape index (κ3) is 3.81. The highest BCUT2D eigenvalue weighted by Crippen LogP contribution is 2.59. The van der Waals surface area contributed by atoms with E-state index in [1.165, 1.54) is 24.0 Å². The van der Waals surface area contributed by atoms with Crippen LogP contribution in [0.5, 0.6) is 11.5 Å². The van der Waals surface area contributed by atoms with E-state index in [0.29, 0.717) is 5.41 Å². The number of allylic oxidation sites excluding steroid dienone is 1. The molecule has 154 valence electrons. The zero-order valence-electron chi connectivity index (χ0n) is 18.4. The van der Waals surface area contributed by atoms with Crippen LogP contribution in [0.2, 0.25) is 0 Å². The molecule has 3 nitrogen and oxygen atoms in total. The predicted octanol–water partition coefficient (Wildman–Crippen LogP) is 5.80. The number of rotatable bonds is 7. The highest BCUT2D eigenvalue weighted by atomic mass is 16.5. The van der Waals surface area contributed by atoms with E-state index in [9.17, 15) is 0 Å². The lowest BCUT2D eigenvalue weighted by Crippen LogP contribution is -2.49. The third-order valence-electron chi connectivity index (χ3n) is 7.16. The van der Waals surface area contributed by atoms with Gasteiger partial charge in [0.05, 0.1) is 14.2 Å². The Hall–Kier alpha value is -2.26. The number of hydrogen-bond acceptors (Lipinski definition) is 3. The molecule has 3 aliphatic rings. The minimum atomic E-state index is 0.506. The molecule has 0 heterocycles. The Morgan fingerprint density at radius 3 is 2.24 bits per heavy atom. The van der Waals surface area contributed by atoms with Crippen LogP contribution in [0.25, 0.3) is 11.1 Å². The molecule has 2 aromatic rings. The second kappa shape index (κ2) is 7.87. The summed E-state index contributed by atoms with van der Waals surface area (Å²) in [6, 6.07) is 14.9. The molecule has 0 saturated heterocycles. The Labute approximate surface area is 175 Å². The molecule has 0 unspecified atom stereocenters. The van der Waals surface area contributed by atoms with Crippen LogP contribution in [0.3, 0.4) is 0 Å². The summed E-state index contributed by atoms with van der Waals surface area (Å²) < 4.78 is 10.8. The molecule has 3 aliphatic carbocycles. The molecule has 2 bridgehead atoms. The summed E-state index contributed by atoms with van der Waals surface area (Å²) in [6.45, 7) is 6.95. The largest absolute Gasteiger partial charge is 0.493 e. The molecular weight excluding hydrogens is 358 g/mol. The van der Waals surface area contributed by atoms with Crippen molar-refractivity contribution in [2.45, 2.75) is 33.2 Å². The Balaban J connectivity index is 1.40. The zero-order chi connectivity index (χ0) is 20.6. The van der Waals surface area contributed by atoms with E-state index in [4.69, 9.17) is 9.47 Å². The highest BCUT2D eigenvalue weighted by Gasteiger charge is 2.50. The second-order valence-electron chi connectivity index (χ2n) is 9.26. The summed E-state index contributed by atoms with van der Waals surface area (Å²) in [6.07, 6.45) is 5.18. The number of ether oxygens (including phenoxy) is 2. The Bertz CT molecular complexity index is 897. The van der Waals surface area contributed by atoms with Gasteiger partial charge in [-0.05, 0) is 66.0 Å². The topological polar surface area (TPSA) is 21.7 Å². The standard InChI is InChI=1S/C26H33NO2/c1-26(2)22-12-10-21(23(26)15-22)17-27(3)16-18-6-8-19(9-7-18)20-11-13-24(28-4)25(14-20)29-5/h6-11,13-14,22-23H,12,15-17H2,1-5H3/t22-,23-/m0/s1. The van der Waals surface area contributed by atoms with Crippen LogP contribution < -0.4 is 9.47 Å². The maximum atomic E-state index is 5.44. The fraction of sp³-hybridized carbons (Fsp3) is 0.462. The summed E-state index contributed by atoms with van der Waals surface area (Å²) in [5.74, 6) is 3.21. The van der Waals surface area contributed by atoms with E-state index in [1.54, 1.807) is 19.8 Å². The molecule has 5 rings (SSSR count). The zero-order valence-corrected chi connectivity index (χ0v) is 18.4. The van der Waals surface area contributed by atoms with Crippen molar-refractivity contribution in [1.29, 1.82) is 0 Å². The van der Waals surface area contributed by atoms with Gasteiger partial charge in [-0.3, -0.25) is 4.90 Å². The van der Waals surface area contributed by atoms with Crippen molar-refractivity contribution in [3.8, 4) is 22.6 Å². The molecule has 2 aromatic carbocycles. The van der Waals surface area contributed by atoms with Gasteiger partial charge in [0.25, 0.3) is 0 Å². The monoisotopic (exact) mass is 391 g/mol. The molecule has 0 amide bonds. The lowest BCUT2D eigenvalue weighted by Gasteiger charge is -2.57. The quantitative estimate of drug-likeness (QED) is 0.557. The van der Waals surface area contributed by atoms with Gasteiger partial charge >= 0.3 is 0 Å². The van der Waals surface area contributed by atoms with Gasteiger partial charge in [-0.15, -0.1) is 0 Å². The van der Waals surface area contributed by atoms with E-state index in [0.717, 1.165) is 42.0 Å². The van der Waals surface area contributed by atoms with Crippen molar-refractivity contribution in [2.24, 2.45) is 17.3 Å². The first-order valence-electron chi connectivity index (χ1n) is 10.6. The Kier molecular flexibility index (Phi) is 5.44. The van der Waals surface area contributed by atoms with Crippen molar-refractivity contribution in [3.05, 3.63) is 59.7 Å². The van der Waals surface area contributed by atoms with Crippen molar-refractivity contribution in [1.82, 2.24) is 4.90 Å². The molecular formula is C26H33NO2. The molecule has 0 radical (unpaired) electrons. The van der Waals surface area contributed by atoms with Gasteiger partial charge in [0.2, 0.25) is 0 Å². The second-order valence-corrected chi connectivity index (χ2v) is 9.26. The average molecular weight is 392 g/mol. The predicted molar refractivity (Wildman–Crippen MR) is 119 cm³/mol. The van der Waals surface area contributed by atoms with Gasteiger partial charge in [-0.25, -0.2) is 0 Å². The molecule has 29 heavy (non-hydrogen) atoms. The first-order chi connectivity index (χ1) is 13.9. The molecule has 0 N–H and O–H groups in total. The minimum Gasteiger partial charge on any atom is -0.493 e. The molecule has 0 spiro atoms.